The van der Waals surface area contributed by atoms with Gasteiger partial charge in [-0.1, -0.05) is 18.2 Å². The third-order valence-corrected chi connectivity index (χ3v) is 3.57. The highest BCUT2D eigenvalue weighted by Crippen LogP contribution is 2.14. The Hall–Kier alpha value is -2.62. The van der Waals surface area contributed by atoms with Crippen molar-refractivity contribution in [3.63, 3.8) is 0 Å². The Bertz CT molecular complexity index is 886. The van der Waals surface area contributed by atoms with E-state index in [2.05, 4.69) is 48.1 Å². The molecule has 0 unspecified atom stereocenters. The minimum absolute atomic E-state index is 1.04. The number of hydrogen-bond donors (Lipinski definition) is 0. The molecule has 0 aliphatic rings. The zero-order valence-electron chi connectivity index (χ0n) is 12.5. The molecule has 1 aromatic carbocycles. The topological polar surface area (TPSA) is 35.1 Å². The van der Waals surface area contributed by atoms with E-state index in [1.165, 1.54) is 16.6 Å². The quantitative estimate of drug-likeness (QED) is 0.493. The molecule has 4 aromatic rings. The van der Waals surface area contributed by atoms with Crippen LogP contribution in [0.2, 0.25) is 0 Å². The predicted molar refractivity (Wildman–Crippen MR) is 85.4 cm³/mol. The number of hydrogen-bond acceptors (Lipinski definition) is 2. The number of aryl methyl sites for hydroxylation is 3. The molecule has 4 nitrogen and oxygen atoms in total. The first-order valence-electron chi connectivity index (χ1n) is 6.92. The summed E-state index contributed by atoms with van der Waals surface area (Å²) in [5, 5.41) is 0. The normalized spacial score (nSPS) is 10.6. The molecule has 0 N–H and O–H groups in total. The lowest BCUT2D eigenvalue weighted by atomic mass is 10.2. The fourth-order valence-electron chi connectivity index (χ4n) is 2.40. The van der Waals surface area contributed by atoms with Crippen molar-refractivity contribution in [2.75, 3.05) is 0 Å². The van der Waals surface area contributed by atoms with Crippen molar-refractivity contribution in [2.45, 2.75) is 13.8 Å². The van der Waals surface area contributed by atoms with Crippen LogP contribution in [0.4, 0.5) is 0 Å². The first-order valence-corrected chi connectivity index (χ1v) is 6.92. The summed E-state index contributed by atoms with van der Waals surface area (Å²) in [5.41, 5.74) is 5.80. The van der Waals surface area contributed by atoms with Gasteiger partial charge < -0.3 is 8.97 Å². The van der Waals surface area contributed by atoms with Gasteiger partial charge in [-0.25, -0.2) is 9.97 Å². The highest BCUT2D eigenvalue weighted by Gasteiger charge is 1.99. The van der Waals surface area contributed by atoms with Crippen molar-refractivity contribution in [3.05, 3.63) is 66.4 Å². The summed E-state index contributed by atoms with van der Waals surface area (Å²) in [5.74, 6) is 0. The number of aromatic nitrogens is 4. The minimum atomic E-state index is 1.04. The van der Waals surface area contributed by atoms with Crippen molar-refractivity contribution < 1.29 is 0 Å². The van der Waals surface area contributed by atoms with Gasteiger partial charge in [0.2, 0.25) is 0 Å². The number of nitrogens with zero attached hydrogens (tertiary/aromatic N) is 4. The fraction of sp³-hybridized carbons (Fsp3) is 0.176. The van der Waals surface area contributed by atoms with Gasteiger partial charge in [-0.3, -0.25) is 0 Å². The SMILES string of the molecule is Cc1cccc2c1ncn2C.Cc1cccn2ccnc12. The zero-order chi connectivity index (χ0) is 14.8. The summed E-state index contributed by atoms with van der Waals surface area (Å²) in [6, 6.07) is 10.3. The largest absolute Gasteiger partial charge is 0.334 e. The van der Waals surface area contributed by atoms with Crippen LogP contribution < -0.4 is 0 Å². The number of pyridine rings is 1. The van der Waals surface area contributed by atoms with Gasteiger partial charge >= 0.3 is 0 Å². The third-order valence-electron chi connectivity index (χ3n) is 3.57. The molecular weight excluding hydrogens is 260 g/mol. The highest BCUT2D eigenvalue weighted by molar-refractivity contribution is 5.78. The Balaban J connectivity index is 0.000000126. The van der Waals surface area contributed by atoms with Crippen LogP contribution in [-0.2, 0) is 7.05 Å². The van der Waals surface area contributed by atoms with Crippen molar-refractivity contribution in [2.24, 2.45) is 7.05 Å². The smallest absolute Gasteiger partial charge is 0.139 e. The molecule has 0 saturated heterocycles. The molecule has 3 heterocycles. The zero-order valence-corrected chi connectivity index (χ0v) is 12.5. The highest BCUT2D eigenvalue weighted by atomic mass is 15.0. The van der Waals surface area contributed by atoms with E-state index in [1.54, 1.807) is 0 Å². The van der Waals surface area contributed by atoms with E-state index in [-0.39, 0.29) is 0 Å². The van der Waals surface area contributed by atoms with Crippen LogP contribution >= 0.6 is 0 Å². The van der Waals surface area contributed by atoms with Crippen molar-refractivity contribution in [1.29, 1.82) is 0 Å². The van der Waals surface area contributed by atoms with Crippen LogP contribution in [-0.4, -0.2) is 18.9 Å². The Kier molecular flexibility index (Phi) is 3.44. The summed E-state index contributed by atoms with van der Waals surface area (Å²) < 4.78 is 4.04. The summed E-state index contributed by atoms with van der Waals surface area (Å²) in [6.07, 6.45) is 7.59. The Labute approximate surface area is 123 Å². The van der Waals surface area contributed by atoms with Crippen LogP contribution in [0, 0.1) is 13.8 Å². The van der Waals surface area contributed by atoms with Crippen LogP contribution in [0.5, 0.6) is 0 Å². The van der Waals surface area contributed by atoms with E-state index in [0.717, 1.165) is 11.2 Å². The predicted octanol–water partition coefficient (Wildman–Crippen LogP) is 3.52. The van der Waals surface area contributed by atoms with Gasteiger partial charge in [0.15, 0.2) is 0 Å². The maximum absolute atomic E-state index is 4.28. The Morgan fingerprint density at radius 2 is 1.71 bits per heavy atom. The van der Waals surface area contributed by atoms with Crippen molar-refractivity contribution in [1.82, 2.24) is 18.9 Å². The maximum atomic E-state index is 4.28. The molecule has 3 aromatic heterocycles. The molecular formula is C17H18N4. The summed E-state index contributed by atoms with van der Waals surface area (Å²) in [6.45, 7) is 4.14. The van der Waals surface area contributed by atoms with Crippen LogP contribution in [0.1, 0.15) is 11.1 Å². The summed E-state index contributed by atoms with van der Waals surface area (Å²) in [4.78, 5) is 8.46. The first kappa shape index (κ1) is 13.4. The van der Waals surface area contributed by atoms with E-state index in [4.69, 9.17) is 0 Å². The molecule has 0 fully saturated rings. The standard InChI is InChI=1S/C9H10N2.C8H8N2/c1-7-4-3-5-8-9(7)10-6-11(8)2;1-7-3-2-5-10-6-4-9-8(7)10/h3-6H,1-2H3;2-6H,1H3. The van der Waals surface area contributed by atoms with E-state index >= 15 is 0 Å². The molecule has 0 aliphatic heterocycles. The number of fused-ring (bicyclic) bond motifs is 2. The molecule has 0 spiro atoms. The second-order valence-electron chi connectivity index (χ2n) is 5.15. The van der Waals surface area contributed by atoms with Gasteiger partial charge in [0.05, 0.1) is 17.4 Å². The monoisotopic (exact) mass is 278 g/mol. The van der Waals surface area contributed by atoms with Crippen LogP contribution in [0.15, 0.2) is 55.2 Å². The van der Waals surface area contributed by atoms with E-state index in [9.17, 15) is 0 Å². The van der Waals surface area contributed by atoms with Crippen molar-refractivity contribution >= 4 is 16.7 Å². The molecule has 0 saturated carbocycles. The number of para-hydroxylation sites is 1. The second-order valence-corrected chi connectivity index (χ2v) is 5.15. The van der Waals surface area contributed by atoms with Gasteiger partial charge in [0, 0.05) is 25.6 Å². The molecule has 21 heavy (non-hydrogen) atoms. The fourth-order valence-corrected chi connectivity index (χ4v) is 2.40. The average molecular weight is 278 g/mol. The Morgan fingerprint density at radius 1 is 0.905 bits per heavy atom. The molecule has 4 heteroatoms. The lowest BCUT2D eigenvalue weighted by Crippen LogP contribution is -1.83. The molecule has 0 radical (unpaired) electrons. The Morgan fingerprint density at radius 3 is 2.48 bits per heavy atom. The number of imidazole rings is 2. The second kappa shape index (κ2) is 5.40. The van der Waals surface area contributed by atoms with Crippen LogP contribution in [0.25, 0.3) is 16.7 Å². The molecule has 4 rings (SSSR count). The number of rotatable bonds is 0. The van der Waals surface area contributed by atoms with Gasteiger partial charge in [0.1, 0.15) is 5.65 Å². The summed E-state index contributed by atoms with van der Waals surface area (Å²) >= 11 is 0. The lowest BCUT2D eigenvalue weighted by Gasteiger charge is -1.94. The molecule has 106 valence electrons. The van der Waals surface area contributed by atoms with Gasteiger partial charge in [-0.15, -0.1) is 0 Å². The van der Waals surface area contributed by atoms with Gasteiger partial charge in [0.25, 0.3) is 0 Å². The average Bonchev–Trinajstić information content (AvgIpc) is 3.09. The molecule has 0 bridgehead atoms. The molecule has 0 amide bonds. The van der Waals surface area contributed by atoms with Gasteiger partial charge in [-0.2, -0.15) is 0 Å². The van der Waals surface area contributed by atoms with Crippen molar-refractivity contribution in [3.8, 4) is 0 Å². The van der Waals surface area contributed by atoms with E-state index in [0.29, 0.717) is 0 Å². The molecule has 0 atom stereocenters. The van der Waals surface area contributed by atoms with E-state index < -0.39 is 0 Å². The first-order chi connectivity index (χ1) is 10.2. The number of benzene rings is 1. The van der Waals surface area contributed by atoms with E-state index in [1.807, 2.05) is 47.0 Å². The maximum Gasteiger partial charge on any atom is 0.139 e. The third kappa shape index (κ3) is 2.52. The van der Waals surface area contributed by atoms with Gasteiger partial charge in [-0.05, 0) is 37.1 Å². The summed E-state index contributed by atoms with van der Waals surface area (Å²) in [7, 11) is 2.01. The lowest BCUT2D eigenvalue weighted by molar-refractivity contribution is 0.948. The van der Waals surface area contributed by atoms with Crippen LogP contribution in [0.3, 0.4) is 0 Å². The molecule has 0 aliphatic carbocycles. The minimum Gasteiger partial charge on any atom is -0.334 e.